The van der Waals surface area contributed by atoms with Gasteiger partial charge in [0.2, 0.25) is 0 Å². The van der Waals surface area contributed by atoms with Crippen LogP contribution in [0, 0.1) is 0 Å². The average Bonchev–Trinajstić information content (AvgIpc) is 2.71. The summed E-state index contributed by atoms with van der Waals surface area (Å²) in [4.78, 5) is 30.0. The van der Waals surface area contributed by atoms with Gasteiger partial charge in [0, 0.05) is 12.8 Å². The highest BCUT2D eigenvalue weighted by Crippen LogP contribution is 2.13. The molecular weight excluding hydrogens is 382 g/mol. The van der Waals surface area contributed by atoms with Crippen molar-refractivity contribution in [3.63, 3.8) is 0 Å². The number of carboxylic acid groups (broad SMARTS) is 2. The second-order valence-corrected chi connectivity index (χ2v) is 8.18. The number of hydrogen-bond donors (Lipinski definition) is 3. The lowest BCUT2D eigenvalue weighted by Gasteiger charge is -2.03. The summed E-state index contributed by atoms with van der Waals surface area (Å²) in [5, 5.41) is 16.6. The Kier molecular flexibility index (Phi) is 26.3. The molecule has 30 heavy (non-hydrogen) atoms. The lowest BCUT2D eigenvalue weighted by molar-refractivity contribution is -0.138. The first-order chi connectivity index (χ1) is 14.4. The monoisotopic (exact) mass is 429 g/mol. The van der Waals surface area contributed by atoms with E-state index >= 15 is 0 Å². The summed E-state index contributed by atoms with van der Waals surface area (Å²) in [5.41, 5.74) is 5.09. The minimum atomic E-state index is -0.924. The highest BCUT2D eigenvalue weighted by Gasteiger charge is 2.02. The fourth-order valence-electron chi connectivity index (χ4n) is 3.18. The molecule has 1 unspecified atom stereocenters. The van der Waals surface area contributed by atoms with Crippen LogP contribution in [0.2, 0.25) is 0 Å². The van der Waals surface area contributed by atoms with Gasteiger partial charge in [0.25, 0.3) is 0 Å². The van der Waals surface area contributed by atoms with Crippen molar-refractivity contribution in [3.8, 4) is 0 Å². The van der Waals surface area contributed by atoms with Gasteiger partial charge in [-0.2, -0.15) is 0 Å². The molecular formula is C24H47NO5. The van der Waals surface area contributed by atoms with E-state index in [2.05, 4.69) is 6.92 Å². The molecule has 0 aromatic heterocycles. The van der Waals surface area contributed by atoms with Crippen LogP contribution in [0.15, 0.2) is 0 Å². The molecule has 0 spiro atoms. The highest BCUT2D eigenvalue weighted by molar-refractivity contribution is 5.68. The Morgan fingerprint density at radius 2 is 1.00 bits per heavy atom. The fraction of sp³-hybridized carbons (Fsp3) is 0.875. The van der Waals surface area contributed by atoms with Crippen LogP contribution in [-0.2, 0) is 14.4 Å². The van der Waals surface area contributed by atoms with Crippen LogP contribution in [0.5, 0.6) is 0 Å². The van der Waals surface area contributed by atoms with E-state index in [0.29, 0.717) is 12.7 Å². The smallest absolute Gasteiger partial charge is 0.303 e. The molecule has 0 amide bonds. The molecule has 0 aliphatic rings. The van der Waals surface area contributed by atoms with Gasteiger partial charge >= 0.3 is 11.9 Å². The third-order valence-corrected chi connectivity index (χ3v) is 5.11. The summed E-state index contributed by atoms with van der Waals surface area (Å²) in [5.74, 6) is -1.58. The summed E-state index contributed by atoms with van der Waals surface area (Å²) in [6, 6.07) is -0.624. The van der Waals surface area contributed by atoms with Crippen molar-refractivity contribution in [2.75, 3.05) is 0 Å². The lowest BCUT2D eigenvalue weighted by atomic mass is 10.0. The van der Waals surface area contributed by atoms with E-state index in [-0.39, 0.29) is 12.8 Å². The minimum absolute atomic E-state index is 0.0418. The maximum Gasteiger partial charge on any atom is 0.303 e. The number of hydrogen-bond acceptors (Lipinski definition) is 4. The first-order valence-electron chi connectivity index (χ1n) is 12.1. The van der Waals surface area contributed by atoms with E-state index in [0.717, 1.165) is 12.8 Å². The number of carboxylic acids is 2. The molecule has 0 bridgehead atoms. The molecule has 0 aliphatic heterocycles. The van der Waals surface area contributed by atoms with E-state index in [1.54, 1.807) is 0 Å². The Bertz CT molecular complexity index is 401. The Balaban J connectivity index is 0. The zero-order valence-corrected chi connectivity index (χ0v) is 19.3. The Morgan fingerprint density at radius 3 is 1.30 bits per heavy atom. The van der Waals surface area contributed by atoms with Gasteiger partial charge in [0.15, 0.2) is 0 Å². The van der Waals surface area contributed by atoms with Crippen LogP contribution in [0.4, 0.5) is 0 Å². The van der Waals surface area contributed by atoms with E-state index in [4.69, 9.17) is 15.9 Å². The van der Waals surface area contributed by atoms with Gasteiger partial charge in [-0.05, 0) is 12.8 Å². The summed E-state index contributed by atoms with van der Waals surface area (Å²) in [6.45, 7) is 2.27. The molecule has 4 N–H and O–H groups in total. The van der Waals surface area contributed by atoms with Gasteiger partial charge in [0.05, 0.1) is 6.04 Å². The summed E-state index contributed by atoms with van der Waals surface area (Å²) in [6.07, 6.45) is 22.4. The molecule has 0 aliphatic carbocycles. The third kappa shape index (κ3) is 31.3. The molecule has 0 saturated heterocycles. The molecule has 0 rings (SSSR count). The SMILES string of the molecule is CCCCCCCCCCCCCCCCCCC(=O)O.NC(C=O)CCC(=O)O. The van der Waals surface area contributed by atoms with Gasteiger partial charge in [-0.15, -0.1) is 0 Å². The van der Waals surface area contributed by atoms with Crippen LogP contribution < -0.4 is 5.73 Å². The molecule has 178 valence electrons. The lowest BCUT2D eigenvalue weighted by Crippen LogP contribution is -2.22. The summed E-state index contributed by atoms with van der Waals surface area (Å²) < 4.78 is 0. The standard InChI is InChI=1S/C19H38O2.C5H9NO3/c1-2-3-4-5-6-7-8-9-10-11-12-13-14-15-16-17-18-19(20)21;6-4(3-7)1-2-5(8)9/h2-18H2,1H3,(H,20,21);3-4H,1-2,6H2,(H,8,9). The predicted molar refractivity (Wildman–Crippen MR) is 123 cm³/mol. The summed E-state index contributed by atoms with van der Waals surface area (Å²) in [7, 11) is 0. The predicted octanol–water partition coefficient (Wildman–Crippen LogP) is 6.10. The van der Waals surface area contributed by atoms with Crippen LogP contribution in [-0.4, -0.2) is 34.5 Å². The van der Waals surface area contributed by atoms with Crippen LogP contribution in [0.25, 0.3) is 0 Å². The maximum atomic E-state index is 10.3. The van der Waals surface area contributed by atoms with E-state index in [9.17, 15) is 14.4 Å². The van der Waals surface area contributed by atoms with Crippen LogP contribution >= 0.6 is 0 Å². The van der Waals surface area contributed by atoms with Gasteiger partial charge in [0.1, 0.15) is 6.29 Å². The van der Waals surface area contributed by atoms with Crippen molar-refractivity contribution in [1.29, 1.82) is 0 Å². The molecule has 6 heteroatoms. The zero-order chi connectivity index (χ0) is 22.9. The van der Waals surface area contributed by atoms with Crippen LogP contribution in [0.3, 0.4) is 0 Å². The topological polar surface area (TPSA) is 118 Å². The molecule has 0 aromatic rings. The average molecular weight is 430 g/mol. The molecule has 0 radical (unpaired) electrons. The molecule has 0 heterocycles. The first-order valence-corrected chi connectivity index (χ1v) is 12.1. The number of carbonyl (C=O) groups excluding carboxylic acids is 1. The van der Waals surface area contributed by atoms with E-state index in [1.807, 2.05) is 0 Å². The Hall–Kier alpha value is -1.43. The van der Waals surface area contributed by atoms with Crippen molar-refractivity contribution >= 4 is 18.2 Å². The number of carbonyl (C=O) groups is 3. The zero-order valence-electron chi connectivity index (χ0n) is 19.3. The summed E-state index contributed by atoms with van der Waals surface area (Å²) >= 11 is 0. The quantitative estimate of drug-likeness (QED) is 0.150. The van der Waals surface area contributed by atoms with Gasteiger partial charge in [-0.3, -0.25) is 9.59 Å². The number of aldehydes is 1. The number of unbranched alkanes of at least 4 members (excludes halogenated alkanes) is 15. The second kappa shape index (κ2) is 25.6. The van der Waals surface area contributed by atoms with Crippen molar-refractivity contribution in [2.24, 2.45) is 5.73 Å². The molecule has 0 aromatic carbocycles. The Labute approximate surface area is 184 Å². The molecule has 6 nitrogen and oxygen atoms in total. The largest absolute Gasteiger partial charge is 0.481 e. The molecule has 0 fully saturated rings. The minimum Gasteiger partial charge on any atom is -0.481 e. The number of rotatable bonds is 21. The van der Waals surface area contributed by atoms with Crippen molar-refractivity contribution in [2.45, 2.75) is 135 Å². The first kappa shape index (κ1) is 30.8. The number of nitrogens with two attached hydrogens (primary N) is 1. The van der Waals surface area contributed by atoms with Gasteiger partial charge in [-0.1, -0.05) is 103 Å². The van der Waals surface area contributed by atoms with Crippen molar-refractivity contribution in [3.05, 3.63) is 0 Å². The molecule has 0 saturated carbocycles. The van der Waals surface area contributed by atoms with Crippen LogP contribution in [0.1, 0.15) is 129 Å². The van der Waals surface area contributed by atoms with Crippen molar-refractivity contribution in [1.82, 2.24) is 0 Å². The second-order valence-electron chi connectivity index (χ2n) is 8.18. The van der Waals surface area contributed by atoms with E-state index < -0.39 is 18.0 Å². The van der Waals surface area contributed by atoms with Gasteiger partial charge < -0.3 is 20.7 Å². The third-order valence-electron chi connectivity index (χ3n) is 5.11. The molecule has 1 atom stereocenters. The van der Waals surface area contributed by atoms with Crippen molar-refractivity contribution < 1.29 is 24.6 Å². The van der Waals surface area contributed by atoms with Gasteiger partial charge in [-0.25, -0.2) is 0 Å². The highest BCUT2D eigenvalue weighted by atomic mass is 16.4. The Morgan fingerprint density at radius 1 is 0.667 bits per heavy atom. The van der Waals surface area contributed by atoms with E-state index in [1.165, 1.54) is 89.9 Å². The number of aliphatic carboxylic acids is 2. The normalized spacial score (nSPS) is 11.4. The fourth-order valence-corrected chi connectivity index (χ4v) is 3.18. The maximum absolute atomic E-state index is 10.3.